The number of β-lactam (4-membered cyclic amide) rings is 1. The average molecular weight is 162 g/mol. The summed E-state index contributed by atoms with van der Waals surface area (Å²) in [5.41, 5.74) is 0. The molecule has 4 heteroatoms. The standard InChI is InChI=1S/C5H4ClNOS/c6-3-4(8)7-1-2-9-5(3)7/h1-3,5H/t3?,5-/m0/s1. The number of carbonyl (C=O) groups is 1. The van der Waals surface area contributed by atoms with E-state index in [2.05, 4.69) is 0 Å². The van der Waals surface area contributed by atoms with Crippen LogP contribution in [0.1, 0.15) is 0 Å². The van der Waals surface area contributed by atoms with Crippen molar-refractivity contribution in [2.24, 2.45) is 0 Å². The lowest BCUT2D eigenvalue weighted by Gasteiger charge is -2.36. The summed E-state index contributed by atoms with van der Waals surface area (Å²) in [5, 5.41) is 1.80. The zero-order valence-electron chi connectivity index (χ0n) is 4.45. The quantitative estimate of drug-likeness (QED) is 0.390. The smallest absolute Gasteiger partial charge is 0.248 e. The highest BCUT2D eigenvalue weighted by atomic mass is 35.5. The molecule has 1 saturated heterocycles. The normalized spacial score (nSPS) is 38.8. The SMILES string of the molecule is O=C1C(Cl)[C@@H]2SC=CN12. The molecule has 0 aromatic carbocycles. The summed E-state index contributed by atoms with van der Waals surface area (Å²) in [5.74, 6) is 0.0305. The Hall–Kier alpha value is -0.150. The van der Waals surface area contributed by atoms with Gasteiger partial charge in [-0.3, -0.25) is 4.79 Å². The van der Waals surface area contributed by atoms with Gasteiger partial charge < -0.3 is 4.90 Å². The summed E-state index contributed by atoms with van der Waals surface area (Å²) in [4.78, 5) is 12.4. The van der Waals surface area contributed by atoms with E-state index in [1.54, 1.807) is 22.9 Å². The van der Waals surface area contributed by atoms with Crippen molar-refractivity contribution in [3.63, 3.8) is 0 Å². The van der Waals surface area contributed by atoms with Gasteiger partial charge in [-0.05, 0) is 5.41 Å². The molecule has 2 nitrogen and oxygen atoms in total. The number of thioether (sulfide) groups is 1. The summed E-state index contributed by atoms with van der Waals surface area (Å²) < 4.78 is 0. The zero-order valence-corrected chi connectivity index (χ0v) is 6.02. The van der Waals surface area contributed by atoms with Gasteiger partial charge in [0.05, 0.1) is 0 Å². The van der Waals surface area contributed by atoms with Crippen molar-refractivity contribution in [1.82, 2.24) is 4.90 Å². The van der Waals surface area contributed by atoms with Gasteiger partial charge in [0.1, 0.15) is 10.8 Å². The molecule has 1 fully saturated rings. The lowest BCUT2D eigenvalue weighted by Crippen LogP contribution is -2.55. The van der Waals surface area contributed by atoms with E-state index in [1.165, 1.54) is 0 Å². The van der Waals surface area contributed by atoms with Gasteiger partial charge in [-0.25, -0.2) is 0 Å². The molecule has 2 aliphatic rings. The van der Waals surface area contributed by atoms with Gasteiger partial charge in [-0.1, -0.05) is 0 Å². The van der Waals surface area contributed by atoms with E-state index in [0.29, 0.717) is 0 Å². The first kappa shape index (κ1) is 5.62. The minimum atomic E-state index is -0.287. The number of fused-ring (bicyclic) bond motifs is 1. The number of carbonyl (C=O) groups excluding carboxylic acids is 1. The molecule has 0 N–H and O–H groups in total. The Morgan fingerprint density at radius 1 is 1.78 bits per heavy atom. The van der Waals surface area contributed by atoms with Gasteiger partial charge in [0.2, 0.25) is 5.91 Å². The third-order valence-corrected chi connectivity index (χ3v) is 3.09. The third-order valence-electron chi connectivity index (χ3n) is 1.45. The highest BCUT2D eigenvalue weighted by molar-refractivity contribution is 8.03. The van der Waals surface area contributed by atoms with Gasteiger partial charge in [0.15, 0.2) is 0 Å². The minimum Gasteiger partial charge on any atom is -0.302 e. The first-order chi connectivity index (χ1) is 4.30. The van der Waals surface area contributed by atoms with Crippen LogP contribution in [0.5, 0.6) is 0 Å². The monoisotopic (exact) mass is 161 g/mol. The summed E-state index contributed by atoms with van der Waals surface area (Å²) >= 11 is 7.25. The molecule has 1 amide bonds. The molecule has 2 aliphatic heterocycles. The van der Waals surface area contributed by atoms with Crippen molar-refractivity contribution >= 4 is 29.3 Å². The Kier molecular flexibility index (Phi) is 1.04. The lowest BCUT2D eigenvalue weighted by atomic mass is 10.2. The highest BCUT2D eigenvalue weighted by Crippen LogP contribution is 2.39. The molecule has 0 bridgehead atoms. The van der Waals surface area contributed by atoms with Gasteiger partial charge in [-0.15, -0.1) is 23.4 Å². The second-order valence-corrected chi connectivity index (χ2v) is 3.46. The van der Waals surface area contributed by atoms with Crippen molar-refractivity contribution in [2.75, 3.05) is 0 Å². The van der Waals surface area contributed by atoms with E-state index in [-0.39, 0.29) is 16.7 Å². The van der Waals surface area contributed by atoms with Gasteiger partial charge in [0.25, 0.3) is 0 Å². The topological polar surface area (TPSA) is 20.3 Å². The Morgan fingerprint density at radius 2 is 2.56 bits per heavy atom. The highest BCUT2D eigenvalue weighted by Gasteiger charge is 2.47. The summed E-state index contributed by atoms with van der Waals surface area (Å²) in [6.45, 7) is 0. The number of amides is 1. The number of nitrogens with zero attached hydrogens (tertiary/aromatic N) is 1. The molecule has 0 aliphatic carbocycles. The number of halogens is 1. The third kappa shape index (κ3) is 0.563. The molecule has 2 rings (SSSR count). The van der Waals surface area contributed by atoms with E-state index < -0.39 is 0 Å². The predicted molar refractivity (Wildman–Crippen MR) is 37.0 cm³/mol. The second-order valence-electron chi connectivity index (χ2n) is 1.96. The second kappa shape index (κ2) is 1.67. The first-order valence-electron chi connectivity index (χ1n) is 2.59. The van der Waals surface area contributed by atoms with E-state index in [9.17, 15) is 4.79 Å². The van der Waals surface area contributed by atoms with Crippen LogP contribution >= 0.6 is 23.4 Å². The average Bonchev–Trinajstić information content (AvgIpc) is 2.30. The Morgan fingerprint density at radius 3 is 3.22 bits per heavy atom. The molecule has 0 aromatic rings. The van der Waals surface area contributed by atoms with E-state index >= 15 is 0 Å². The van der Waals surface area contributed by atoms with Crippen molar-refractivity contribution in [3.8, 4) is 0 Å². The van der Waals surface area contributed by atoms with Gasteiger partial charge in [-0.2, -0.15) is 0 Å². The Labute approximate surface area is 61.8 Å². The van der Waals surface area contributed by atoms with Gasteiger partial charge >= 0.3 is 0 Å². The van der Waals surface area contributed by atoms with Crippen molar-refractivity contribution in [2.45, 2.75) is 10.8 Å². The van der Waals surface area contributed by atoms with Crippen LogP contribution in [0.15, 0.2) is 11.6 Å². The van der Waals surface area contributed by atoms with Gasteiger partial charge in [0, 0.05) is 6.20 Å². The predicted octanol–water partition coefficient (Wildman–Crippen LogP) is 0.980. The summed E-state index contributed by atoms with van der Waals surface area (Å²) in [7, 11) is 0. The zero-order chi connectivity index (χ0) is 6.43. The first-order valence-corrected chi connectivity index (χ1v) is 3.97. The maximum absolute atomic E-state index is 10.8. The molecule has 2 heterocycles. The van der Waals surface area contributed by atoms with Crippen molar-refractivity contribution in [3.05, 3.63) is 11.6 Å². The number of hydrogen-bond acceptors (Lipinski definition) is 2. The van der Waals surface area contributed by atoms with Crippen LogP contribution < -0.4 is 0 Å². The van der Waals surface area contributed by atoms with E-state index in [0.717, 1.165) is 0 Å². The van der Waals surface area contributed by atoms with Crippen LogP contribution in [0.3, 0.4) is 0 Å². The van der Waals surface area contributed by atoms with Crippen LogP contribution in [0.4, 0.5) is 0 Å². The summed E-state index contributed by atoms with van der Waals surface area (Å²) in [6, 6.07) is 0. The fraction of sp³-hybridized carbons (Fsp3) is 0.400. The Balaban J connectivity index is 2.21. The molecule has 0 aromatic heterocycles. The van der Waals surface area contributed by atoms with Crippen molar-refractivity contribution < 1.29 is 4.79 Å². The number of alkyl halides is 1. The maximum atomic E-state index is 10.8. The number of hydrogen-bond donors (Lipinski definition) is 0. The van der Waals surface area contributed by atoms with Crippen molar-refractivity contribution in [1.29, 1.82) is 0 Å². The Bertz CT molecular complexity index is 193. The largest absolute Gasteiger partial charge is 0.302 e. The molecule has 0 radical (unpaired) electrons. The molecule has 1 unspecified atom stereocenters. The molecule has 9 heavy (non-hydrogen) atoms. The fourth-order valence-corrected chi connectivity index (χ4v) is 2.26. The minimum absolute atomic E-state index is 0.0305. The van der Waals surface area contributed by atoms with Crippen LogP contribution in [-0.4, -0.2) is 21.6 Å². The molecular weight excluding hydrogens is 158 g/mol. The van der Waals surface area contributed by atoms with E-state index in [4.69, 9.17) is 11.6 Å². The van der Waals surface area contributed by atoms with Crippen LogP contribution in [0.25, 0.3) is 0 Å². The number of rotatable bonds is 0. The molecule has 0 saturated carbocycles. The van der Waals surface area contributed by atoms with Crippen LogP contribution in [0, 0.1) is 0 Å². The molecule has 2 atom stereocenters. The molecule has 0 spiro atoms. The lowest BCUT2D eigenvalue weighted by molar-refractivity contribution is -0.136. The van der Waals surface area contributed by atoms with Crippen LogP contribution in [0.2, 0.25) is 0 Å². The molecular formula is C5H4ClNOS. The summed E-state index contributed by atoms with van der Waals surface area (Å²) in [6.07, 6.45) is 1.77. The maximum Gasteiger partial charge on any atom is 0.248 e. The van der Waals surface area contributed by atoms with Crippen LogP contribution in [-0.2, 0) is 4.79 Å². The fourth-order valence-electron chi connectivity index (χ4n) is 0.923. The van der Waals surface area contributed by atoms with E-state index in [1.807, 2.05) is 5.41 Å². The molecule has 48 valence electrons.